The molecule has 5 atom stereocenters. The molecule has 1 amide bonds. The summed E-state index contributed by atoms with van der Waals surface area (Å²) >= 11 is 0. The fourth-order valence-electron chi connectivity index (χ4n) is 3.29. The molecule has 1 heterocycles. The van der Waals surface area contributed by atoms with Gasteiger partial charge in [0.05, 0.1) is 18.3 Å². The van der Waals surface area contributed by atoms with E-state index in [1.54, 1.807) is 36.5 Å². The number of allylic oxidation sites excluding steroid dienone is 12. The molecule has 0 aromatic carbocycles. The van der Waals surface area contributed by atoms with E-state index in [1.807, 2.05) is 64.2 Å². The first-order valence-corrected chi connectivity index (χ1v) is 11.9. The molecular weight excluding hydrogens is 426 g/mol. The lowest BCUT2D eigenvalue weighted by Gasteiger charge is -2.20. The summed E-state index contributed by atoms with van der Waals surface area (Å²) < 4.78 is 0. The lowest BCUT2D eigenvalue weighted by Crippen LogP contribution is -2.30. The summed E-state index contributed by atoms with van der Waals surface area (Å²) in [5.74, 6) is -0.316. The van der Waals surface area contributed by atoms with E-state index in [2.05, 4.69) is 11.4 Å². The smallest absolute Gasteiger partial charge is 0.244 e. The lowest BCUT2D eigenvalue weighted by molar-refractivity contribution is -0.117. The molecule has 186 valence electrons. The average molecular weight is 468 g/mol. The topological polar surface area (TPSA) is 89.8 Å². The molecule has 0 aromatic heterocycles. The van der Waals surface area contributed by atoms with E-state index in [4.69, 9.17) is 0 Å². The summed E-state index contributed by atoms with van der Waals surface area (Å²) in [6.45, 7) is 7.84. The van der Waals surface area contributed by atoms with E-state index < -0.39 is 18.3 Å². The Hall–Kier alpha value is -2.73. The minimum Gasteiger partial charge on any atom is -0.393 e. The second-order valence-corrected chi connectivity index (χ2v) is 8.86. The zero-order valence-electron chi connectivity index (χ0n) is 20.8. The number of amides is 1. The van der Waals surface area contributed by atoms with Gasteiger partial charge < -0.3 is 20.6 Å². The van der Waals surface area contributed by atoms with Crippen LogP contribution in [0.25, 0.3) is 0 Å². The Labute approximate surface area is 205 Å². The van der Waals surface area contributed by atoms with Crippen LogP contribution in [-0.2, 0) is 4.79 Å². The average Bonchev–Trinajstić information content (AvgIpc) is 2.75. The fraction of sp³-hybridized carbons (Fsp3) is 0.414. The Morgan fingerprint density at radius 1 is 0.824 bits per heavy atom. The highest BCUT2D eigenvalue weighted by Crippen LogP contribution is 2.14. The molecule has 4 N–H and O–H groups in total. The highest BCUT2D eigenvalue weighted by Gasteiger charge is 2.18. The quantitative estimate of drug-likeness (QED) is 0.418. The van der Waals surface area contributed by atoms with Gasteiger partial charge in [-0.25, -0.2) is 0 Å². The van der Waals surface area contributed by atoms with Crippen LogP contribution in [0.4, 0.5) is 0 Å². The zero-order chi connectivity index (χ0) is 25.3. The highest BCUT2D eigenvalue weighted by atomic mass is 16.3. The minimum atomic E-state index is -0.810. The van der Waals surface area contributed by atoms with Crippen LogP contribution in [0.2, 0.25) is 0 Å². The van der Waals surface area contributed by atoms with Crippen LogP contribution >= 0.6 is 0 Å². The molecule has 5 unspecified atom stereocenters. The number of hydrogen-bond donors (Lipinski definition) is 4. The molecule has 0 spiro atoms. The molecule has 5 heteroatoms. The molecule has 5 nitrogen and oxygen atoms in total. The van der Waals surface area contributed by atoms with Crippen molar-refractivity contribution in [1.82, 2.24) is 5.32 Å². The normalized spacial score (nSPS) is 28.9. The molecule has 0 radical (unpaired) electrons. The Morgan fingerprint density at radius 2 is 1.50 bits per heavy atom. The van der Waals surface area contributed by atoms with Crippen molar-refractivity contribution in [3.63, 3.8) is 0 Å². The molecule has 0 saturated carbocycles. The van der Waals surface area contributed by atoms with Crippen LogP contribution in [-0.4, -0.2) is 45.6 Å². The molecule has 1 aliphatic rings. The first-order chi connectivity index (χ1) is 16.2. The number of carbonyl (C=O) groups excluding carboxylic acids is 1. The van der Waals surface area contributed by atoms with Crippen LogP contribution in [0.5, 0.6) is 0 Å². The third-order valence-electron chi connectivity index (χ3n) is 5.26. The molecule has 0 bridgehead atoms. The summed E-state index contributed by atoms with van der Waals surface area (Å²) in [4.78, 5) is 12.0. The maximum Gasteiger partial charge on any atom is 0.244 e. The van der Waals surface area contributed by atoms with Crippen molar-refractivity contribution < 1.29 is 20.1 Å². The Balaban J connectivity index is 2.93. The predicted molar refractivity (Wildman–Crippen MR) is 141 cm³/mol. The zero-order valence-corrected chi connectivity index (χ0v) is 20.8. The summed E-state index contributed by atoms with van der Waals surface area (Å²) in [5.41, 5.74) is 2.16. The van der Waals surface area contributed by atoms with Gasteiger partial charge in [-0.05, 0) is 33.6 Å². The largest absolute Gasteiger partial charge is 0.393 e. The van der Waals surface area contributed by atoms with Gasteiger partial charge in [0.15, 0.2) is 0 Å². The second kappa shape index (κ2) is 16.8. The van der Waals surface area contributed by atoms with Gasteiger partial charge in [0.25, 0.3) is 0 Å². The van der Waals surface area contributed by atoms with Crippen LogP contribution in [0.3, 0.4) is 0 Å². The van der Waals surface area contributed by atoms with Gasteiger partial charge in [-0.2, -0.15) is 0 Å². The van der Waals surface area contributed by atoms with Crippen molar-refractivity contribution in [1.29, 1.82) is 0 Å². The number of hydrogen-bond acceptors (Lipinski definition) is 4. The molecule has 0 fully saturated rings. The molecular formula is C29H41NO4. The maximum absolute atomic E-state index is 12.0. The van der Waals surface area contributed by atoms with Gasteiger partial charge in [0.2, 0.25) is 5.91 Å². The van der Waals surface area contributed by atoms with E-state index in [1.165, 1.54) is 6.08 Å². The molecule has 0 aliphatic carbocycles. The van der Waals surface area contributed by atoms with Crippen molar-refractivity contribution in [3.05, 3.63) is 96.2 Å². The van der Waals surface area contributed by atoms with Gasteiger partial charge in [-0.1, -0.05) is 97.1 Å². The summed E-state index contributed by atoms with van der Waals surface area (Å²) in [5, 5.41) is 33.6. The molecule has 1 aliphatic heterocycles. The van der Waals surface area contributed by atoms with E-state index in [9.17, 15) is 20.1 Å². The number of carbonyl (C=O) groups is 1. The molecule has 1 rings (SSSR count). The third kappa shape index (κ3) is 14.4. The van der Waals surface area contributed by atoms with E-state index >= 15 is 0 Å². The van der Waals surface area contributed by atoms with Crippen LogP contribution < -0.4 is 5.32 Å². The first kappa shape index (κ1) is 29.3. The summed E-state index contributed by atoms with van der Waals surface area (Å²) in [6, 6.07) is 0.0181. The van der Waals surface area contributed by atoms with Gasteiger partial charge in [0, 0.05) is 24.5 Å². The number of aliphatic hydroxyl groups is 3. The maximum atomic E-state index is 12.0. The standard InChI is InChI=1S/C29H41NO4/c1-22-13-9-11-16-25(4)30-29(34)18-8-6-5-7-15-24(3)28(33)21-27(32)20-26(31)17-12-10-14-23(2)19-22/h5-15,17-19,24-28,31-33H,16,20-21H2,1-4H3,(H,30,34). The van der Waals surface area contributed by atoms with E-state index in [0.717, 1.165) is 17.6 Å². The SMILES string of the molecule is CC1=CC=CCC(C)NC(=O)C=CC=CC=CC(C)C(O)CC(O)CC(O)C=CC=CC(C)=C1. The molecule has 0 aromatic rings. The molecule has 0 saturated heterocycles. The Morgan fingerprint density at radius 3 is 2.26 bits per heavy atom. The van der Waals surface area contributed by atoms with Crippen molar-refractivity contribution >= 4 is 5.91 Å². The van der Waals surface area contributed by atoms with Crippen molar-refractivity contribution in [2.24, 2.45) is 5.92 Å². The van der Waals surface area contributed by atoms with E-state index in [-0.39, 0.29) is 30.7 Å². The van der Waals surface area contributed by atoms with Crippen LogP contribution in [0.1, 0.15) is 47.0 Å². The van der Waals surface area contributed by atoms with Crippen molar-refractivity contribution in [3.8, 4) is 0 Å². The summed E-state index contributed by atoms with van der Waals surface area (Å²) in [7, 11) is 0. The third-order valence-corrected chi connectivity index (χ3v) is 5.26. The summed E-state index contributed by atoms with van der Waals surface area (Å²) in [6.07, 6.45) is 24.3. The fourth-order valence-corrected chi connectivity index (χ4v) is 3.29. The van der Waals surface area contributed by atoms with Gasteiger partial charge in [0.1, 0.15) is 0 Å². The predicted octanol–water partition coefficient (Wildman–Crippen LogP) is 4.62. The number of rotatable bonds is 0. The number of aliphatic hydroxyl groups excluding tert-OH is 3. The highest BCUT2D eigenvalue weighted by molar-refractivity contribution is 5.87. The second-order valence-electron chi connectivity index (χ2n) is 8.86. The van der Waals surface area contributed by atoms with Crippen molar-refractivity contribution in [2.45, 2.75) is 71.3 Å². The van der Waals surface area contributed by atoms with Gasteiger partial charge in [-0.3, -0.25) is 4.79 Å². The van der Waals surface area contributed by atoms with Crippen molar-refractivity contribution in [2.75, 3.05) is 0 Å². The van der Waals surface area contributed by atoms with Gasteiger partial charge >= 0.3 is 0 Å². The number of nitrogens with one attached hydrogen (secondary N) is 1. The lowest BCUT2D eigenvalue weighted by atomic mass is 9.96. The monoisotopic (exact) mass is 467 g/mol. The minimum absolute atomic E-state index is 0.0181. The van der Waals surface area contributed by atoms with E-state index in [0.29, 0.717) is 0 Å². The molecule has 34 heavy (non-hydrogen) atoms. The Kier molecular flexibility index (Phi) is 14.5. The van der Waals surface area contributed by atoms with Crippen LogP contribution in [0, 0.1) is 5.92 Å². The first-order valence-electron chi connectivity index (χ1n) is 11.9. The Bertz CT molecular complexity index is 857. The van der Waals surface area contributed by atoms with Gasteiger partial charge in [-0.15, -0.1) is 0 Å². The van der Waals surface area contributed by atoms with Crippen LogP contribution in [0.15, 0.2) is 96.2 Å².